The zero-order chi connectivity index (χ0) is 20.4. The number of carbonyl (C=O) groups excluding carboxylic acids is 3. The molecule has 0 radical (unpaired) electrons. The van der Waals surface area contributed by atoms with E-state index in [1.165, 1.54) is 18.5 Å². The number of aromatic hydroxyl groups is 1. The standard InChI is InChI=1S/C21H18N2O5/c1-12(25)10-22-20(27)18-19(26)16-9-15(6-7-17(16)23(2)21(18)28)14-5-3-4-13(8-14)11-24/h3-9,11,26H,10H2,1-2H3,(H,22,27). The molecule has 1 heterocycles. The first kappa shape index (κ1) is 19.0. The molecule has 0 spiro atoms. The minimum atomic E-state index is -0.816. The molecule has 2 N–H and O–H groups in total. The van der Waals surface area contributed by atoms with Crippen LogP contribution in [0.4, 0.5) is 0 Å². The lowest BCUT2D eigenvalue weighted by atomic mass is 10.00. The molecule has 0 saturated carbocycles. The van der Waals surface area contributed by atoms with Crippen molar-refractivity contribution in [2.45, 2.75) is 6.92 Å². The van der Waals surface area contributed by atoms with Crippen molar-refractivity contribution in [2.75, 3.05) is 6.54 Å². The van der Waals surface area contributed by atoms with Gasteiger partial charge < -0.3 is 15.0 Å². The fourth-order valence-corrected chi connectivity index (χ4v) is 3.00. The predicted octanol–water partition coefficient (Wildman–Crippen LogP) is 2.04. The molecule has 2 aromatic carbocycles. The molecule has 0 aliphatic carbocycles. The van der Waals surface area contributed by atoms with Gasteiger partial charge in [0.15, 0.2) is 0 Å². The van der Waals surface area contributed by atoms with Crippen LogP contribution in [0.1, 0.15) is 27.6 Å². The van der Waals surface area contributed by atoms with Crippen LogP contribution < -0.4 is 10.9 Å². The smallest absolute Gasteiger partial charge is 0.267 e. The highest BCUT2D eigenvalue weighted by atomic mass is 16.3. The monoisotopic (exact) mass is 378 g/mol. The molecule has 0 saturated heterocycles. The summed E-state index contributed by atoms with van der Waals surface area (Å²) in [4.78, 5) is 47.0. The number of hydrogen-bond acceptors (Lipinski definition) is 5. The lowest BCUT2D eigenvalue weighted by molar-refractivity contribution is -0.116. The topological polar surface area (TPSA) is 105 Å². The highest BCUT2D eigenvalue weighted by molar-refractivity contribution is 6.04. The fraction of sp³-hybridized carbons (Fsp3) is 0.143. The van der Waals surface area contributed by atoms with Gasteiger partial charge in [0.2, 0.25) is 0 Å². The van der Waals surface area contributed by atoms with Crippen LogP contribution in [-0.2, 0) is 11.8 Å². The van der Waals surface area contributed by atoms with Gasteiger partial charge in [0.05, 0.1) is 12.1 Å². The summed E-state index contributed by atoms with van der Waals surface area (Å²) in [5, 5.41) is 13.3. The summed E-state index contributed by atoms with van der Waals surface area (Å²) in [5.41, 5.74) is 1.33. The summed E-state index contributed by atoms with van der Waals surface area (Å²) in [5.74, 6) is -1.54. The molecule has 3 aromatic rings. The molecule has 7 nitrogen and oxygen atoms in total. The Hall–Kier alpha value is -3.74. The predicted molar refractivity (Wildman–Crippen MR) is 105 cm³/mol. The van der Waals surface area contributed by atoms with E-state index in [0.29, 0.717) is 22.0 Å². The van der Waals surface area contributed by atoms with Gasteiger partial charge in [-0.05, 0) is 36.2 Å². The minimum absolute atomic E-state index is 0.238. The molecule has 0 atom stereocenters. The number of fused-ring (bicyclic) bond motifs is 1. The lowest BCUT2D eigenvalue weighted by Crippen LogP contribution is -2.34. The summed E-state index contributed by atoms with van der Waals surface area (Å²) in [6.45, 7) is 1.07. The molecule has 28 heavy (non-hydrogen) atoms. The van der Waals surface area contributed by atoms with E-state index in [2.05, 4.69) is 5.32 Å². The Bertz CT molecular complexity index is 1180. The van der Waals surface area contributed by atoms with Crippen molar-refractivity contribution in [3.8, 4) is 16.9 Å². The van der Waals surface area contributed by atoms with Crippen molar-refractivity contribution in [1.82, 2.24) is 9.88 Å². The number of nitrogens with zero attached hydrogens (tertiary/aromatic N) is 1. The average Bonchev–Trinajstić information content (AvgIpc) is 2.70. The molecule has 0 aliphatic rings. The third-order valence-corrected chi connectivity index (χ3v) is 4.45. The van der Waals surface area contributed by atoms with E-state index >= 15 is 0 Å². The fourth-order valence-electron chi connectivity index (χ4n) is 3.00. The van der Waals surface area contributed by atoms with Crippen molar-refractivity contribution in [3.05, 3.63) is 63.9 Å². The number of aryl methyl sites for hydroxylation is 1. The van der Waals surface area contributed by atoms with Crippen molar-refractivity contribution >= 4 is 28.9 Å². The Labute approximate surface area is 160 Å². The largest absolute Gasteiger partial charge is 0.506 e. The van der Waals surface area contributed by atoms with Crippen molar-refractivity contribution in [1.29, 1.82) is 0 Å². The second-order valence-electron chi connectivity index (χ2n) is 6.45. The molecular weight excluding hydrogens is 360 g/mol. The zero-order valence-electron chi connectivity index (χ0n) is 15.4. The van der Waals surface area contributed by atoms with Gasteiger partial charge in [0.1, 0.15) is 23.4 Å². The molecule has 1 aromatic heterocycles. The van der Waals surface area contributed by atoms with Gasteiger partial charge in [0, 0.05) is 18.0 Å². The maximum atomic E-state index is 12.5. The summed E-state index contributed by atoms with van der Waals surface area (Å²) in [6.07, 6.45) is 0.739. The van der Waals surface area contributed by atoms with Crippen LogP contribution in [0.3, 0.4) is 0 Å². The van der Waals surface area contributed by atoms with Gasteiger partial charge in [0.25, 0.3) is 11.5 Å². The Morgan fingerprint density at radius 2 is 1.86 bits per heavy atom. The summed E-state index contributed by atoms with van der Waals surface area (Å²) < 4.78 is 1.27. The van der Waals surface area contributed by atoms with Crippen molar-refractivity contribution in [3.63, 3.8) is 0 Å². The molecule has 0 aliphatic heterocycles. The molecule has 0 fully saturated rings. The quantitative estimate of drug-likeness (QED) is 0.661. The van der Waals surface area contributed by atoms with Crippen LogP contribution in [0.2, 0.25) is 0 Å². The number of Topliss-reactive ketones (excluding diaryl/α,β-unsaturated/α-hetero) is 1. The van der Waals surface area contributed by atoms with Gasteiger partial charge >= 0.3 is 0 Å². The molecule has 7 heteroatoms. The number of benzene rings is 2. The van der Waals surface area contributed by atoms with Crippen LogP contribution in [0.25, 0.3) is 22.0 Å². The molecule has 3 rings (SSSR count). The molecule has 0 unspecified atom stereocenters. The van der Waals surface area contributed by atoms with E-state index in [0.717, 1.165) is 11.8 Å². The van der Waals surface area contributed by atoms with E-state index in [1.54, 1.807) is 36.4 Å². The summed E-state index contributed by atoms with van der Waals surface area (Å²) in [7, 11) is 1.50. The van der Waals surface area contributed by atoms with Gasteiger partial charge in [-0.2, -0.15) is 0 Å². The van der Waals surface area contributed by atoms with Crippen LogP contribution >= 0.6 is 0 Å². The van der Waals surface area contributed by atoms with E-state index in [4.69, 9.17) is 0 Å². The van der Waals surface area contributed by atoms with E-state index < -0.39 is 22.8 Å². The van der Waals surface area contributed by atoms with Crippen LogP contribution in [0.5, 0.6) is 5.75 Å². The minimum Gasteiger partial charge on any atom is -0.506 e. The van der Waals surface area contributed by atoms with E-state index in [1.807, 2.05) is 6.07 Å². The van der Waals surface area contributed by atoms with E-state index in [-0.39, 0.29) is 12.3 Å². The molecule has 1 amide bonds. The van der Waals surface area contributed by atoms with Crippen LogP contribution in [0.15, 0.2) is 47.3 Å². The lowest BCUT2D eigenvalue weighted by Gasteiger charge is -2.13. The third-order valence-electron chi connectivity index (χ3n) is 4.45. The Kier molecular flexibility index (Phi) is 5.08. The van der Waals surface area contributed by atoms with Crippen molar-refractivity contribution < 1.29 is 19.5 Å². The van der Waals surface area contributed by atoms with Gasteiger partial charge in [-0.1, -0.05) is 24.3 Å². The number of carbonyl (C=O) groups is 3. The first-order valence-corrected chi connectivity index (χ1v) is 8.52. The summed E-state index contributed by atoms with van der Waals surface area (Å²) >= 11 is 0. The average molecular weight is 378 g/mol. The van der Waals surface area contributed by atoms with Gasteiger partial charge in [-0.25, -0.2) is 0 Å². The second-order valence-corrected chi connectivity index (χ2v) is 6.45. The van der Waals surface area contributed by atoms with Crippen LogP contribution in [-0.4, -0.2) is 34.2 Å². The molecular formula is C21H18N2O5. The maximum Gasteiger partial charge on any atom is 0.267 e. The number of aldehydes is 1. The SMILES string of the molecule is CC(=O)CNC(=O)c1c(O)c2cc(-c3cccc(C=O)c3)ccc2n(C)c1=O. The molecule has 142 valence electrons. The Morgan fingerprint density at radius 3 is 2.54 bits per heavy atom. The Morgan fingerprint density at radius 1 is 1.14 bits per heavy atom. The number of ketones is 1. The Balaban J connectivity index is 2.19. The van der Waals surface area contributed by atoms with Crippen LogP contribution in [0, 0.1) is 0 Å². The van der Waals surface area contributed by atoms with Gasteiger partial charge in [-0.15, -0.1) is 0 Å². The number of rotatable bonds is 5. The van der Waals surface area contributed by atoms with E-state index in [9.17, 15) is 24.3 Å². The van der Waals surface area contributed by atoms with Crippen molar-refractivity contribution in [2.24, 2.45) is 7.05 Å². The van der Waals surface area contributed by atoms with Gasteiger partial charge in [-0.3, -0.25) is 19.2 Å². The number of aromatic nitrogens is 1. The highest BCUT2D eigenvalue weighted by Gasteiger charge is 2.21. The first-order chi connectivity index (χ1) is 13.3. The maximum absolute atomic E-state index is 12.5. The number of nitrogens with one attached hydrogen (secondary N) is 1. The number of hydrogen-bond donors (Lipinski definition) is 2. The highest BCUT2D eigenvalue weighted by Crippen LogP contribution is 2.31. The number of amides is 1. The third kappa shape index (κ3) is 3.42. The normalized spacial score (nSPS) is 10.6. The second kappa shape index (κ2) is 7.48. The summed E-state index contributed by atoms with van der Waals surface area (Å²) in [6, 6.07) is 12.0. The zero-order valence-corrected chi connectivity index (χ0v) is 15.4. The number of pyridine rings is 1. The first-order valence-electron chi connectivity index (χ1n) is 8.52. The molecule has 0 bridgehead atoms.